The van der Waals surface area contributed by atoms with Gasteiger partial charge in [-0.2, -0.15) is 0 Å². The van der Waals surface area contributed by atoms with E-state index in [9.17, 15) is 14.4 Å². The maximum absolute atomic E-state index is 13.2. The van der Waals surface area contributed by atoms with Crippen LogP contribution < -0.4 is 10.5 Å². The first kappa shape index (κ1) is 17.5. The van der Waals surface area contributed by atoms with Gasteiger partial charge >= 0.3 is 5.97 Å². The number of aromatic nitrogens is 2. The summed E-state index contributed by atoms with van der Waals surface area (Å²) in [7, 11) is 2.72. The van der Waals surface area contributed by atoms with Gasteiger partial charge in [0.2, 0.25) is 5.78 Å². The third-order valence-electron chi connectivity index (χ3n) is 4.68. The number of carbonyl (C=O) groups is 3. The second-order valence-corrected chi connectivity index (χ2v) is 6.09. The normalized spacial score (nSPS) is 12.4. The minimum atomic E-state index is -0.792. The number of anilines is 1. The molecule has 0 spiro atoms. The van der Waals surface area contributed by atoms with Gasteiger partial charge in [-0.25, -0.2) is 4.79 Å². The number of esters is 1. The molecule has 2 N–H and O–H groups in total. The molecular formula is C20H15N3O5. The number of methoxy groups -OCH3 is 2. The molecule has 0 atom stereocenters. The van der Waals surface area contributed by atoms with E-state index in [-0.39, 0.29) is 33.8 Å². The predicted molar refractivity (Wildman–Crippen MR) is 99.2 cm³/mol. The predicted octanol–water partition coefficient (Wildman–Crippen LogP) is 2.03. The Balaban J connectivity index is 2.06. The molecule has 140 valence electrons. The zero-order valence-corrected chi connectivity index (χ0v) is 15.1. The lowest BCUT2D eigenvalue weighted by atomic mass is 9.87. The Morgan fingerprint density at radius 1 is 1.04 bits per heavy atom. The van der Waals surface area contributed by atoms with Gasteiger partial charge in [-0.3, -0.25) is 19.1 Å². The molecule has 0 saturated heterocycles. The first-order valence-corrected chi connectivity index (χ1v) is 8.30. The molecule has 3 aromatic rings. The average Bonchev–Trinajstić information content (AvgIpc) is 3.04. The monoisotopic (exact) mass is 377 g/mol. The van der Waals surface area contributed by atoms with Crippen molar-refractivity contribution in [2.24, 2.45) is 0 Å². The van der Waals surface area contributed by atoms with E-state index >= 15 is 0 Å². The van der Waals surface area contributed by atoms with E-state index in [1.165, 1.54) is 37.2 Å². The highest BCUT2D eigenvalue weighted by Gasteiger charge is 2.40. The van der Waals surface area contributed by atoms with Gasteiger partial charge in [0, 0.05) is 23.6 Å². The first-order chi connectivity index (χ1) is 13.5. The van der Waals surface area contributed by atoms with E-state index in [1.807, 2.05) is 0 Å². The molecule has 4 rings (SSSR count). The summed E-state index contributed by atoms with van der Waals surface area (Å²) >= 11 is 0. The topological polar surface area (TPSA) is 114 Å². The van der Waals surface area contributed by atoms with Crippen LogP contribution in [-0.2, 0) is 4.74 Å². The highest BCUT2D eigenvalue weighted by molar-refractivity contribution is 6.31. The maximum atomic E-state index is 13.2. The second-order valence-electron chi connectivity index (χ2n) is 6.09. The van der Waals surface area contributed by atoms with E-state index < -0.39 is 17.5 Å². The van der Waals surface area contributed by atoms with Crippen molar-refractivity contribution < 1.29 is 23.9 Å². The van der Waals surface area contributed by atoms with Crippen LogP contribution in [0.2, 0.25) is 0 Å². The van der Waals surface area contributed by atoms with Gasteiger partial charge in [0.15, 0.2) is 5.78 Å². The SMILES string of the molecule is COC(=O)c1c2c(n(-c3ccc(OC)cc3)c1N)C(=O)c1cnccc1C2=O. The van der Waals surface area contributed by atoms with Gasteiger partial charge in [0.25, 0.3) is 0 Å². The second kappa shape index (κ2) is 6.34. The highest BCUT2D eigenvalue weighted by atomic mass is 16.5. The number of pyridine rings is 1. The molecule has 0 aliphatic heterocycles. The van der Waals surface area contributed by atoms with Crippen LogP contribution in [0.25, 0.3) is 5.69 Å². The number of fused-ring (bicyclic) bond motifs is 2. The molecule has 8 nitrogen and oxygen atoms in total. The zero-order valence-electron chi connectivity index (χ0n) is 15.1. The van der Waals surface area contributed by atoms with E-state index in [4.69, 9.17) is 15.2 Å². The number of nitrogens with zero attached hydrogens (tertiary/aromatic N) is 2. The molecule has 1 aliphatic rings. The number of nitrogen functional groups attached to an aromatic ring is 1. The zero-order chi connectivity index (χ0) is 20.0. The van der Waals surface area contributed by atoms with E-state index in [0.717, 1.165) is 0 Å². The molecule has 8 heteroatoms. The van der Waals surface area contributed by atoms with Crippen molar-refractivity contribution in [3.8, 4) is 11.4 Å². The molecule has 2 heterocycles. The van der Waals surface area contributed by atoms with Crippen molar-refractivity contribution in [2.45, 2.75) is 0 Å². The highest BCUT2D eigenvalue weighted by Crippen LogP contribution is 2.37. The van der Waals surface area contributed by atoms with E-state index in [1.54, 1.807) is 24.3 Å². The van der Waals surface area contributed by atoms with Gasteiger partial charge in [-0.05, 0) is 30.3 Å². The Kier molecular flexibility index (Phi) is 3.96. The summed E-state index contributed by atoms with van der Waals surface area (Å²) < 4.78 is 11.3. The Morgan fingerprint density at radius 2 is 1.75 bits per heavy atom. The summed E-state index contributed by atoms with van der Waals surface area (Å²) in [6.45, 7) is 0. The molecular weight excluding hydrogens is 362 g/mol. The maximum Gasteiger partial charge on any atom is 0.342 e. The van der Waals surface area contributed by atoms with Crippen LogP contribution in [0, 0.1) is 0 Å². The van der Waals surface area contributed by atoms with Crippen molar-refractivity contribution in [1.29, 1.82) is 0 Å². The number of hydrogen-bond donors (Lipinski definition) is 1. The molecule has 0 saturated carbocycles. The summed E-state index contributed by atoms with van der Waals surface area (Å²) in [5.74, 6) is -1.17. The fourth-order valence-corrected chi connectivity index (χ4v) is 3.37. The molecule has 0 radical (unpaired) electrons. The Labute approximate surface area is 159 Å². The molecule has 0 amide bonds. The molecule has 1 aromatic carbocycles. The van der Waals surface area contributed by atoms with Crippen LogP contribution in [0.3, 0.4) is 0 Å². The van der Waals surface area contributed by atoms with Crippen molar-refractivity contribution >= 4 is 23.4 Å². The Bertz CT molecular complexity index is 1150. The number of ketones is 2. The smallest absolute Gasteiger partial charge is 0.342 e. The van der Waals surface area contributed by atoms with Gasteiger partial charge in [0.05, 0.1) is 25.3 Å². The number of carbonyl (C=O) groups excluding carboxylic acids is 3. The quantitative estimate of drug-likeness (QED) is 0.543. The van der Waals surface area contributed by atoms with Crippen LogP contribution in [0.15, 0.2) is 42.7 Å². The molecule has 0 bridgehead atoms. The minimum Gasteiger partial charge on any atom is -0.497 e. The van der Waals surface area contributed by atoms with Gasteiger partial charge in [-0.15, -0.1) is 0 Å². The van der Waals surface area contributed by atoms with Gasteiger partial charge < -0.3 is 15.2 Å². The van der Waals surface area contributed by atoms with Crippen molar-refractivity contribution in [2.75, 3.05) is 20.0 Å². The largest absolute Gasteiger partial charge is 0.497 e. The summed E-state index contributed by atoms with van der Waals surface area (Å²) in [6.07, 6.45) is 2.74. The van der Waals surface area contributed by atoms with Crippen LogP contribution in [-0.4, -0.2) is 41.3 Å². The molecule has 2 aromatic heterocycles. The number of ether oxygens (including phenoxy) is 2. The number of rotatable bonds is 3. The standard InChI is InChI=1S/C20H15N3O5/c1-27-11-5-3-10(4-6-11)23-16-14(15(19(23)21)20(26)28-2)17(24)12-7-8-22-9-13(12)18(16)25/h3-9H,21H2,1-2H3. The van der Waals surface area contributed by atoms with Crippen molar-refractivity contribution in [3.05, 3.63) is 70.7 Å². The molecule has 0 unspecified atom stereocenters. The third kappa shape index (κ3) is 2.31. The van der Waals surface area contributed by atoms with Gasteiger partial charge in [-0.1, -0.05) is 0 Å². The van der Waals surface area contributed by atoms with E-state index in [0.29, 0.717) is 11.4 Å². The average molecular weight is 377 g/mol. The fraction of sp³-hybridized carbons (Fsp3) is 0.100. The lowest BCUT2D eigenvalue weighted by Gasteiger charge is -2.17. The summed E-state index contributed by atoms with van der Waals surface area (Å²) in [4.78, 5) is 42.7. The van der Waals surface area contributed by atoms with Crippen LogP contribution in [0.5, 0.6) is 5.75 Å². The third-order valence-corrected chi connectivity index (χ3v) is 4.68. The summed E-state index contributed by atoms with van der Waals surface area (Å²) in [5, 5.41) is 0. The lowest BCUT2D eigenvalue weighted by Crippen LogP contribution is -2.24. The molecule has 1 aliphatic carbocycles. The van der Waals surface area contributed by atoms with Crippen LogP contribution in [0.4, 0.5) is 5.82 Å². The van der Waals surface area contributed by atoms with Crippen molar-refractivity contribution in [3.63, 3.8) is 0 Å². The van der Waals surface area contributed by atoms with Crippen LogP contribution >= 0.6 is 0 Å². The fourth-order valence-electron chi connectivity index (χ4n) is 3.37. The van der Waals surface area contributed by atoms with Gasteiger partial charge in [0.1, 0.15) is 22.8 Å². The molecule has 0 fully saturated rings. The number of nitrogens with two attached hydrogens (primary N) is 1. The summed E-state index contributed by atoms with van der Waals surface area (Å²) in [5.41, 5.74) is 6.87. The molecule has 28 heavy (non-hydrogen) atoms. The summed E-state index contributed by atoms with van der Waals surface area (Å²) in [6, 6.07) is 8.16. The number of hydrogen-bond acceptors (Lipinski definition) is 7. The number of benzene rings is 1. The van der Waals surface area contributed by atoms with E-state index in [2.05, 4.69) is 4.98 Å². The first-order valence-electron chi connectivity index (χ1n) is 8.30. The van der Waals surface area contributed by atoms with Crippen LogP contribution in [0.1, 0.15) is 42.3 Å². The van der Waals surface area contributed by atoms with Crippen molar-refractivity contribution in [1.82, 2.24) is 9.55 Å². The Hall–Kier alpha value is -3.94. The minimum absolute atomic E-state index is 0.00793. The Morgan fingerprint density at radius 3 is 2.39 bits per heavy atom. The lowest BCUT2D eigenvalue weighted by molar-refractivity contribution is 0.0599.